The first kappa shape index (κ1) is 25.8. The minimum absolute atomic E-state index is 0.0338. The van der Waals surface area contributed by atoms with Crippen LogP contribution in [0.15, 0.2) is 0 Å². The van der Waals surface area contributed by atoms with E-state index in [2.05, 4.69) is 6.92 Å². The number of ketones is 1. The van der Waals surface area contributed by atoms with E-state index >= 15 is 0 Å². The van der Waals surface area contributed by atoms with Gasteiger partial charge >= 0.3 is 5.97 Å². The lowest BCUT2D eigenvalue weighted by atomic mass is 9.43. The van der Waals surface area contributed by atoms with Gasteiger partial charge in [0.2, 0.25) is 5.79 Å². The fourth-order valence-corrected chi connectivity index (χ4v) is 11.1. The van der Waals surface area contributed by atoms with Gasteiger partial charge < -0.3 is 34.3 Å². The Bertz CT molecular complexity index is 1090. The maximum Gasteiger partial charge on any atom is 0.311 e. The molecule has 3 aliphatic heterocycles. The number of rotatable bonds is 1. The topological polar surface area (TPSA) is 135 Å². The van der Waals surface area contributed by atoms with Crippen molar-refractivity contribution in [1.82, 2.24) is 0 Å². The van der Waals surface area contributed by atoms with Crippen LogP contribution in [0.5, 0.6) is 0 Å². The van der Waals surface area contributed by atoms with Crippen molar-refractivity contribution in [3.8, 4) is 0 Å². The quantitative estimate of drug-likeness (QED) is 0.339. The summed E-state index contributed by atoms with van der Waals surface area (Å²) in [4.78, 5) is 26.3. The molecule has 0 aromatic rings. The average molecular weight is 535 g/mol. The molecule has 4 unspecified atom stereocenters. The number of esters is 1. The van der Waals surface area contributed by atoms with Crippen LogP contribution in [0.25, 0.3) is 0 Å². The van der Waals surface area contributed by atoms with Gasteiger partial charge in [-0.3, -0.25) is 9.59 Å². The van der Waals surface area contributed by atoms with E-state index in [4.69, 9.17) is 18.9 Å². The second-order valence-electron chi connectivity index (χ2n) is 14.3. The predicted octanol–water partition coefficient (Wildman–Crippen LogP) is 1.59. The van der Waals surface area contributed by atoms with Crippen LogP contribution in [0.2, 0.25) is 0 Å². The largest absolute Gasteiger partial charge is 0.429 e. The lowest BCUT2D eigenvalue weighted by Crippen LogP contribution is -2.71. The molecular formula is C29H42O9. The zero-order chi connectivity index (χ0) is 27.4. The molecule has 0 aromatic heterocycles. The van der Waals surface area contributed by atoms with Gasteiger partial charge in [0, 0.05) is 25.4 Å². The monoisotopic (exact) mass is 534 g/mol. The van der Waals surface area contributed by atoms with E-state index in [-0.39, 0.29) is 47.4 Å². The molecule has 0 radical (unpaired) electrons. The lowest BCUT2D eigenvalue weighted by Gasteiger charge is -2.61. The number of Topliss-reactive ketones (excluding diaryl/α,β-unsaturated/α-hetero) is 1. The van der Waals surface area contributed by atoms with Crippen molar-refractivity contribution in [2.45, 2.75) is 114 Å². The summed E-state index contributed by atoms with van der Waals surface area (Å²) in [7, 11) is 1.53. The van der Waals surface area contributed by atoms with Crippen LogP contribution in [0.1, 0.15) is 66.7 Å². The number of carbonyl (C=O) groups is 2. The Morgan fingerprint density at radius 1 is 1.03 bits per heavy atom. The molecule has 3 heterocycles. The Kier molecular flexibility index (Phi) is 5.03. The maximum atomic E-state index is 13.8. The van der Waals surface area contributed by atoms with Gasteiger partial charge in [0.05, 0.1) is 29.6 Å². The summed E-state index contributed by atoms with van der Waals surface area (Å²) in [6, 6.07) is 0. The van der Waals surface area contributed by atoms with Crippen molar-refractivity contribution in [3.05, 3.63) is 0 Å². The van der Waals surface area contributed by atoms with Gasteiger partial charge in [-0.05, 0) is 62.7 Å². The molecule has 0 amide bonds. The van der Waals surface area contributed by atoms with Crippen molar-refractivity contribution in [2.24, 2.45) is 46.3 Å². The molecule has 212 valence electrons. The third-order valence-electron chi connectivity index (χ3n) is 13.2. The summed E-state index contributed by atoms with van der Waals surface area (Å²) in [6.07, 6.45) is -0.297. The fraction of sp³-hybridized carbons (Fsp3) is 0.931. The van der Waals surface area contributed by atoms with Gasteiger partial charge in [-0.2, -0.15) is 0 Å². The maximum absolute atomic E-state index is 13.8. The van der Waals surface area contributed by atoms with Crippen LogP contribution in [-0.2, 0) is 28.5 Å². The van der Waals surface area contributed by atoms with Gasteiger partial charge in [-0.15, -0.1) is 0 Å². The number of hydrogen-bond acceptors (Lipinski definition) is 9. The zero-order valence-electron chi connectivity index (χ0n) is 23.2. The van der Waals surface area contributed by atoms with Gasteiger partial charge in [0.25, 0.3) is 0 Å². The summed E-state index contributed by atoms with van der Waals surface area (Å²) in [5.74, 6) is -2.79. The average Bonchev–Trinajstić information content (AvgIpc) is 3.46. The van der Waals surface area contributed by atoms with Gasteiger partial charge in [-0.1, -0.05) is 20.8 Å². The van der Waals surface area contributed by atoms with Crippen LogP contribution >= 0.6 is 0 Å². The third kappa shape index (κ3) is 2.57. The molecule has 7 rings (SSSR count). The molecule has 4 aliphatic carbocycles. The molecule has 3 saturated heterocycles. The summed E-state index contributed by atoms with van der Waals surface area (Å²) in [6.45, 7) is 9.48. The third-order valence-corrected chi connectivity index (χ3v) is 13.2. The molecule has 7 fully saturated rings. The molecule has 9 heteroatoms. The molecule has 2 spiro atoms. The Balaban J connectivity index is 1.26. The van der Waals surface area contributed by atoms with Crippen molar-refractivity contribution in [3.63, 3.8) is 0 Å². The molecule has 7 aliphatic rings. The second-order valence-corrected chi connectivity index (χ2v) is 14.3. The Morgan fingerprint density at radius 2 is 1.74 bits per heavy atom. The summed E-state index contributed by atoms with van der Waals surface area (Å²) in [5, 5.41) is 34.9. The predicted molar refractivity (Wildman–Crippen MR) is 131 cm³/mol. The number of aliphatic hydroxyl groups excluding tert-OH is 2. The minimum Gasteiger partial charge on any atom is -0.429 e. The summed E-state index contributed by atoms with van der Waals surface area (Å²) < 4.78 is 24.2. The Morgan fingerprint density at radius 3 is 2.37 bits per heavy atom. The van der Waals surface area contributed by atoms with Crippen LogP contribution in [-0.4, -0.2) is 81.7 Å². The number of fused-ring (bicyclic) bond motifs is 6. The summed E-state index contributed by atoms with van der Waals surface area (Å²) in [5.41, 5.74) is -3.57. The van der Waals surface area contributed by atoms with E-state index in [0.717, 1.165) is 19.3 Å². The molecular weight excluding hydrogens is 492 g/mol. The zero-order valence-corrected chi connectivity index (χ0v) is 23.2. The number of hydrogen-bond donors (Lipinski definition) is 3. The molecule has 0 aromatic carbocycles. The molecule has 4 saturated carbocycles. The molecule has 38 heavy (non-hydrogen) atoms. The molecule has 9 nitrogen and oxygen atoms in total. The first-order chi connectivity index (χ1) is 17.7. The summed E-state index contributed by atoms with van der Waals surface area (Å²) >= 11 is 0. The molecule has 3 N–H and O–H groups in total. The van der Waals surface area contributed by atoms with E-state index in [0.29, 0.717) is 6.42 Å². The number of carbonyl (C=O) groups excluding carboxylic acids is 2. The van der Waals surface area contributed by atoms with Crippen molar-refractivity contribution < 1.29 is 43.9 Å². The minimum atomic E-state index is -1.57. The fourth-order valence-electron chi connectivity index (χ4n) is 11.1. The van der Waals surface area contributed by atoms with Crippen molar-refractivity contribution >= 4 is 11.8 Å². The lowest BCUT2D eigenvalue weighted by molar-refractivity contribution is -0.368. The van der Waals surface area contributed by atoms with E-state index < -0.39 is 64.6 Å². The standard InChI is InChI=1S/C29H42O9/c1-12-13(2)29(38-23(12)32)24(33)27(5,34)21-17(36-29)10-16-14-9-20-28(37-20)22(31)18(35-6)11-19(30)26(28,4)15(14)7-8-25(16,21)3/h12-18,20-22,24,31,33-34H,7-11H2,1-6H3/t12-,13?,14-,15+,16+,17+,18+,20-,21?,22+,24+,25+,26+,27?,28+,29?/m1/s1. The van der Waals surface area contributed by atoms with Crippen LogP contribution in [0.3, 0.4) is 0 Å². The highest BCUT2D eigenvalue weighted by molar-refractivity contribution is 5.89. The highest BCUT2D eigenvalue weighted by Crippen LogP contribution is 2.75. The van der Waals surface area contributed by atoms with Gasteiger partial charge in [0.15, 0.2) is 0 Å². The smallest absolute Gasteiger partial charge is 0.311 e. The van der Waals surface area contributed by atoms with Crippen LogP contribution in [0, 0.1) is 46.3 Å². The van der Waals surface area contributed by atoms with Crippen molar-refractivity contribution in [1.29, 1.82) is 0 Å². The van der Waals surface area contributed by atoms with Gasteiger partial charge in [0.1, 0.15) is 29.2 Å². The highest BCUT2D eigenvalue weighted by Gasteiger charge is 2.83. The number of aliphatic hydroxyl groups is 3. The molecule has 16 atom stereocenters. The van der Waals surface area contributed by atoms with E-state index in [9.17, 15) is 24.9 Å². The normalized spacial score (nSPS) is 64.4. The first-order valence-corrected chi connectivity index (χ1v) is 14.4. The Hall–Kier alpha value is -1.10. The van der Waals surface area contributed by atoms with E-state index in [1.165, 1.54) is 7.11 Å². The van der Waals surface area contributed by atoms with E-state index in [1.807, 2.05) is 13.8 Å². The number of ether oxygens (including phenoxy) is 4. The highest BCUT2D eigenvalue weighted by atomic mass is 16.7. The number of methoxy groups -OCH3 is 1. The van der Waals surface area contributed by atoms with E-state index in [1.54, 1.807) is 13.8 Å². The molecule has 0 bridgehead atoms. The Labute approximate surface area is 223 Å². The SMILES string of the molecule is CO[C@H]1CC(=O)[C@]2(C)[C@H]3CC[C@]4(C)C5[C@H](C[C@H]4[C@@H]3C[C@H]3O[C@]32[C@H]1O)OC1(OC(=O)[C@H](C)C1C)[C@@H](O)C5(C)O. The number of epoxide rings is 1. The van der Waals surface area contributed by atoms with Crippen molar-refractivity contribution in [2.75, 3.05) is 7.11 Å². The van der Waals surface area contributed by atoms with Gasteiger partial charge in [-0.25, -0.2) is 0 Å². The first-order valence-electron chi connectivity index (χ1n) is 14.4. The second kappa shape index (κ2) is 7.39. The van der Waals surface area contributed by atoms with Crippen LogP contribution < -0.4 is 0 Å². The van der Waals surface area contributed by atoms with Crippen LogP contribution in [0.4, 0.5) is 0 Å².